The van der Waals surface area contributed by atoms with E-state index in [1.807, 2.05) is 0 Å². The first-order valence-corrected chi connectivity index (χ1v) is 3.51. The highest BCUT2D eigenvalue weighted by atomic mass is 32.1. The Balaban J connectivity index is 1.97. The van der Waals surface area contributed by atoms with Gasteiger partial charge in [-0.25, -0.2) is 12.5 Å². The first-order chi connectivity index (χ1) is 1.91. The molecule has 0 fully saturated rings. The van der Waals surface area contributed by atoms with Gasteiger partial charge in [0.1, 0.15) is 7.57 Å². The lowest BCUT2D eigenvalue weighted by atomic mass is 10.7. The van der Waals surface area contributed by atoms with Crippen LogP contribution in [0.2, 0.25) is 0 Å². The zero-order chi connectivity index (χ0) is 3.41. The summed E-state index contributed by atoms with van der Waals surface area (Å²) in [7, 11) is 3.14. The van der Waals surface area contributed by atoms with Crippen molar-refractivity contribution in [3.8, 4) is 0 Å². The van der Waals surface area contributed by atoms with E-state index < -0.39 is 0 Å². The zero-order valence-corrected chi connectivity index (χ0v) is 4.55. The topological polar surface area (TPSA) is 0 Å². The van der Waals surface area contributed by atoms with Crippen molar-refractivity contribution in [2.45, 2.75) is 0 Å². The van der Waals surface area contributed by atoms with E-state index in [1.165, 1.54) is 0 Å². The molecule has 0 saturated heterocycles. The molecule has 0 spiro atoms. The van der Waals surface area contributed by atoms with Crippen LogP contribution in [0.4, 0.5) is 0 Å². The van der Waals surface area contributed by atoms with Gasteiger partial charge in [-0.05, 0) is 0 Å². The van der Waals surface area contributed by atoms with Crippen LogP contribution in [0.25, 0.3) is 0 Å². The number of rotatable bonds is 1. The second kappa shape index (κ2) is 3.91. The average molecular weight is 89.7 g/mol. The van der Waals surface area contributed by atoms with Gasteiger partial charge in [0.2, 0.25) is 6.28 Å². The Labute approximate surface area is 35.4 Å². The molecule has 0 N–H and O–H groups in total. The lowest BCUT2D eigenvalue weighted by Crippen LogP contribution is -1.51. The van der Waals surface area contributed by atoms with E-state index in [-0.39, 0.29) is 0 Å². The van der Waals surface area contributed by atoms with E-state index in [1.54, 1.807) is 0 Å². The van der Waals surface area contributed by atoms with Crippen LogP contribution < -0.4 is 0 Å². The van der Waals surface area contributed by atoms with Crippen LogP contribution in [0.15, 0.2) is 0 Å². The van der Waals surface area contributed by atoms with Crippen molar-refractivity contribution < 1.29 is 0 Å². The highest BCUT2D eigenvalue weighted by Gasteiger charge is 1.62. The predicted octanol–water partition coefficient (Wildman–Crippen LogP) is -0.591. The Morgan fingerprint density at radius 1 is 2.00 bits per heavy atom. The first-order valence-electron chi connectivity index (χ1n) is 1.17. The van der Waals surface area contributed by atoms with Crippen molar-refractivity contribution in [2.24, 2.45) is 0 Å². The largest absolute Gasteiger partial charge is 0.226 e. The van der Waals surface area contributed by atoms with Crippen molar-refractivity contribution in [1.29, 1.82) is 0 Å². The fraction of sp³-hybridized carbons (Fsp3) is 0. The zero-order valence-electron chi connectivity index (χ0n) is 2.65. The van der Waals surface area contributed by atoms with Gasteiger partial charge < -0.3 is 0 Å². The van der Waals surface area contributed by atoms with Crippen LogP contribution >= 0.6 is 20.8 Å². The molecular weight excluding hydrogens is 84.7 g/mol. The maximum atomic E-state index is 3.93. The molecule has 0 nitrogen and oxygen atoms in total. The molecular formula is H5B2PS. The summed E-state index contributed by atoms with van der Waals surface area (Å²) in [6.07, 6.45) is 1.04. The Morgan fingerprint density at radius 2 is 2.25 bits per heavy atom. The molecule has 0 aromatic rings. The molecule has 0 aliphatic rings. The lowest BCUT2D eigenvalue weighted by molar-refractivity contribution is 4.67. The summed E-state index contributed by atoms with van der Waals surface area (Å²) in [5.74, 6) is 0. The van der Waals surface area contributed by atoms with Gasteiger partial charge >= 0.3 is 0 Å². The summed E-state index contributed by atoms with van der Waals surface area (Å²) in [6, 6.07) is 0. The Hall–Kier alpha value is 0.910. The highest BCUT2D eigenvalue weighted by molar-refractivity contribution is 8.27. The first kappa shape index (κ1) is 4.91. The standard InChI is InChI=1S/B2H5PS/c1-3-2-4/h2-4H,1H2. The third-order valence-corrected chi connectivity index (χ3v) is 1.42. The summed E-state index contributed by atoms with van der Waals surface area (Å²) < 4.78 is 0. The monoisotopic (exact) mass is 90.0 g/mol. The predicted molar refractivity (Wildman–Crippen MR) is 33.0 cm³/mol. The van der Waals surface area contributed by atoms with Gasteiger partial charge in [0.05, 0.1) is 0 Å². The Bertz CT molecular complexity index is 8.00. The summed E-state index contributed by atoms with van der Waals surface area (Å²) in [5.41, 5.74) is 0. The second-order valence-electron chi connectivity index (χ2n) is 0.512. The molecule has 0 amide bonds. The van der Waals surface area contributed by atoms with Crippen molar-refractivity contribution in [3.63, 3.8) is 0 Å². The number of thiol groups is 1. The van der Waals surface area contributed by atoms with Crippen LogP contribution in [0.5, 0.6) is 0 Å². The summed E-state index contributed by atoms with van der Waals surface area (Å²) in [5, 5.41) is 0. The third kappa shape index (κ3) is 2.91. The Kier molecular flexibility index (Phi) is 4.80. The number of hydrogen-bond donors (Lipinski definition) is 1. The van der Waals surface area contributed by atoms with Gasteiger partial charge in [0.25, 0.3) is 0 Å². The minimum absolute atomic E-state index is 1.00. The molecule has 0 saturated carbocycles. The van der Waals surface area contributed by atoms with Crippen LogP contribution in [0, 0.1) is 0 Å². The molecule has 0 aromatic carbocycles. The molecule has 1 atom stereocenters. The molecule has 0 heterocycles. The van der Waals surface area contributed by atoms with E-state index in [0.29, 0.717) is 0 Å². The quantitative estimate of drug-likeness (QED) is 0.248. The average Bonchev–Trinajstić information content (AvgIpc) is 1.37. The molecule has 22 valence electrons. The summed E-state index contributed by atoms with van der Waals surface area (Å²) in [4.78, 5) is 0. The third-order valence-electron chi connectivity index (χ3n) is 0.158. The second-order valence-corrected chi connectivity index (χ2v) is 2.48. The molecule has 0 aliphatic heterocycles. The van der Waals surface area contributed by atoms with Gasteiger partial charge in [0.15, 0.2) is 0 Å². The fourth-order valence-electron chi connectivity index (χ4n) is 0. The normalized spacial score (nSPS) is 9.25. The van der Waals surface area contributed by atoms with Crippen molar-refractivity contribution >= 4 is 34.7 Å². The van der Waals surface area contributed by atoms with E-state index in [0.717, 1.165) is 14.6 Å². The fourth-order valence-corrected chi connectivity index (χ4v) is 0. The maximum absolute atomic E-state index is 3.93. The lowest BCUT2D eigenvalue weighted by Gasteiger charge is -1.64. The molecule has 0 radical (unpaired) electrons. The van der Waals surface area contributed by atoms with Crippen LogP contribution in [0.3, 0.4) is 0 Å². The molecule has 4 heavy (non-hydrogen) atoms. The molecule has 0 aromatic heterocycles. The molecule has 4 heteroatoms. The van der Waals surface area contributed by atoms with Crippen LogP contribution in [-0.4, -0.2) is 13.8 Å². The smallest absolute Gasteiger partial charge is 0.203 e. The SMILES string of the molecule is BPBS. The van der Waals surface area contributed by atoms with Crippen molar-refractivity contribution in [1.82, 2.24) is 0 Å². The van der Waals surface area contributed by atoms with E-state index in [4.69, 9.17) is 0 Å². The van der Waals surface area contributed by atoms with Gasteiger partial charge in [-0.15, -0.1) is 0 Å². The number of hydrogen-bond acceptors (Lipinski definition) is 1. The highest BCUT2D eigenvalue weighted by Crippen LogP contribution is 1.94. The van der Waals surface area contributed by atoms with Crippen LogP contribution in [-0.2, 0) is 0 Å². The van der Waals surface area contributed by atoms with Crippen molar-refractivity contribution in [3.05, 3.63) is 0 Å². The minimum atomic E-state index is 1.00. The van der Waals surface area contributed by atoms with Gasteiger partial charge in [-0.2, -0.15) is 8.34 Å². The summed E-state index contributed by atoms with van der Waals surface area (Å²) >= 11 is 3.93. The van der Waals surface area contributed by atoms with E-state index >= 15 is 0 Å². The maximum Gasteiger partial charge on any atom is 0.203 e. The van der Waals surface area contributed by atoms with E-state index in [9.17, 15) is 0 Å². The van der Waals surface area contributed by atoms with Gasteiger partial charge in [-0.3, -0.25) is 0 Å². The molecule has 0 rings (SSSR count). The van der Waals surface area contributed by atoms with E-state index in [2.05, 4.69) is 20.0 Å². The molecule has 0 bridgehead atoms. The van der Waals surface area contributed by atoms with Crippen LogP contribution in [0.1, 0.15) is 0 Å². The molecule has 0 aliphatic carbocycles. The van der Waals surface area contributed by atoms with Gasteiger partial charge in [-0.1, -0.05) is 0 Å². The molecule has 1 unspecified atom stereocenters. The van der Waals surface area contributed by atoms with Crippen molar-refractivity contribution in [2.75, 3.05) is 0 Å². The summed E-state index contributed by atoms with van der Waals surface area (Å²) in [6.45, 7) is 0. The minimum Gasteiger partial charge on any atom is -0.226 e. The Morgan fingerprint density at radius 3 is 2.25 bits per heavy atom. The van der Waals surface area contributed by atoms with Gasteiger partial charge in [0, 0.05) is 0 Å².